The van der Waals surface area contributed by atoms with E-state index >= 15 is 0 Å². The Labute approximate surface area is 156 Å². The summed E-state index contributed by atoms with van der Waals surface area (Å²) in [6.07, 6.45) is 6.82. The molecule has 0 aromatic heterocycles. The summed E-state index contributed by atoms with van der Waals surface area (Å²) in [4.78, 5) is 0.347. The van der Waals surface area contributed by atoms with Crippen molar-refractivity contribution in [3.63, 3.8) is 0 Å². The SMILES string of the molecule is C[C@@H]1CCCC[C@H]1NC(=S)Nc1ccc(S(=O)(=O)N2CCCC2)cc1. The van der Waals surface area contributed by atoms with Crippen LogP contribution in [-0.4, -0.2) is 37.0 Å². The molecule has 0 amide bonds. The van der Waals surface area contributed by atoms with Crippen LogP contribution in [0.2, 0.25) is 0 Å². The molecule has 0 radical (unpaired) electrons. The predicted octanol–water partition coefficient (Wildman–Crippen LogP) is 3.34. The van der Waals surface area contributed by atoms with E-state index in [-0.39, 0.29) is 0 Å². The fourth-order valence-corrected chi connectivity index (χ4v) is 5.44. The number of benzene rings is 1. The molecule has 2 fully saturated rings. The Bertz CT molecular complexity index is 698. The number of rotatable bonds is 4. The lowest BCUT2D eigenvalue weighted by Gasteiger charge is -2.30. The molecule has 2 atom stereocenters. The van der Waals surface area contributed by atoms with Crippen LogP contribution < -0.4 is 10.6 Å². The summed E-state index contributed by atoms with van der Waals surface area (Å²) in [6, 6.07) is 7.29. The van der Waals surface area contributed by atoms with Crippen LogP contribution in [0.1, 0.15) is 45.4 Å². The highest BCUT2D eigenvalue weighted by Crippen LogP contribution is 2.24. The minimum Gasteiger partial charge on any atom is -0.359 e. The van der Waals surface area contributed by atoms with E-state index < -0.39 is 10.0 Å². The molecule has 1 aliphatic heterocycles. The van der Waals surface area contributed by atoms with Gasteiger partial charge in [-0.25, -0.2) is 8.42 Å². The van der Waals surface area contributed by atoms with Crippen LogP contribution in [0.5, 0.6) is 0 Å². The van der Waals surface area contributed by atoms with E-state index in [1.54, 1.807) is 28.6 Å². The van der Waals surface area contributed by atoms with Gasteiger partial charge in [0.15, 0.2) is 5.11 Å². The van der Waals surface area contributed by atoms with Crippen LogP contribution in [0.25, 0.3) is 0 Å². The zero-order valence-corrected chi connectivity index (χ0v) is 16.3. The van der Waals surface area contributed by atoms with E-state index in [0.29, 0.717) is 35.1 Å². The zero-order chi connectivity index (χ0) is 17.9. The first-order valence-corrected chi connectivity index (χ1v) is 11.0. The minimum atomic E-state index is -3.36. The van der Waals surface area contributed by atoms with Gasteiger partial charge in [0.2, 0.25) is 10.0 Å². The van der Waals surface area contributed by atoms with Gasteiger partial charge in [-0.1, -0.05) is 19.8 Å². The van der Waals surface area contributed by atoms with Crippen LogP contribution in [0.4, 0.5) is 5.69 Å². The molecule has 3 rings (SSSR count). The molecule has 1 aromatic rings. The van der Waals surface area contributed by atoms with Crippen LogP contribution in [0, 0.1) is 5.92 Å². The molecule has 1 saturated heterocycles. The number of thiocarbonyl (C=S) groups is 1. The Hall–Kier alpha value is -1.18. The molecule has 25 heavy (non-hydrogen) atoms. The molecule has 1 heterocycles. The largest absolute Gasteiger partial charge is 0.359 e. The predicted molar refractivity (Wildman–Crippen MR) is 105 cm³/mol. The van der Waals surface area contributed by atoms with Crippen molar-refractivity contribution < 1.29 is 8.42 Å². The topological polar surface area (TPSA) is 61.4 Å². The fourth-order valence-electron chi connectivity index (χ4n) is 3.65. The molecule has 1 saturated carbocycles. The van der Waals surface area contributed by atoms with Gasteiger partial charge in [0.25, 0.3) is 0 Å². The van der Waals surface area contributed by atoms with E-state index in [2.05, 4.69) is 17.6 Å². The molecule has 1 aromatic carbocycles. The van der Waals surface area contributed by atoms with Crippen LogP contribution in [0.15, 0.2) is 29.2 Å². The first kappa shape index (κ1) is 18.6. The highest BCUT2D eigenvalue weighted by Gasteiger charge is 2.27. The lowest BCUT2D eigenvalue weighted by molar-refractivity contribution is 0.309. The van der Waals surface area contributed by atoms with Gasteiger partial charge >= 0.3 is 0 Å². The van der Waals surface area contributed by atoms with E-state index in [1.165, 1.54) is 19.3 Å². The quantitative estimate of drug-likeness (QED) is 0.784. The fraction of sp³-hybridized carbons (Fsp3) is 0.611. The molecule has 0 unspecified atom stereocenters. The second-order valence-electron chi connectivity index (χ2n) is 7.10. The summed E-state index contributed by atoms with van der Waals surface area (Å²) in [5.41, 5.74) is 0.807. The maximum absolute atomic E-state index is 12.5. The van der Waals surface area contributed by atoms with Crippen molar-refractivity contribution in [3.8, 4) is 0 Å². The van der Waals surface area contributed by atoms with Crippen LogP contribution in [-0.2, 0) is 10.0 Å². The number of nitrogens with zero attached hydrogens (tertiary/aromatic N) is 1. The molecular weight excluding hydrogens is 354 g/mol. The number of hydrogen-bond donors (Lipinski definition) is 2. The molecule has 2 aliphatic rings. The van der Waals surface area contributed by atoms with Gasteiger partial charge in [0.05, 0.1) is 4.90 Å². The van der Waals surface area contributed by atoms with Crippen molar-refractivity contribution in [1.82, 2.24) is 9.62 Å². The van der Waals surface area contributed by atoms with Crippen molar-refractivity contribution in [1.29, 1.82) is 0 Å². The summed E-state index contributed by atoms with van der Waals surface area (Å²) in [7, 11) is -3.36. The normalized spacial score (nSPS) is 24.8. The Morgan fingerprint density at radius 3 is 2.36 bits per heavy atom. The van der Waals surface area contributed by atoms with Gasteiger partial charge in [0, 0.05) is 24.8 Å². The summed E-state index contributed by atoms with van der Waals surface area (Å²) in [6.45, 7) is 3.50. The molecule has 138 valence electrons. The first-order valence-electron chi connectivity index (χ1n) is 9.14. The third kappa shape index (κ3) is 4.51. The Balaban J connectivity index is 1.59. The molecule has 0 bridgehead atoms. The maximum Gasteiger partial charge on any atom is 0.243 e. The summed E-state index contributed by atoms with van der Waals surface area (Å²) in [5.74, 6) is 0.626. The van der Waals surface area contributed by atoms with Crippen molar-refractivity contribution in [2.24, 2.45) is 5.92 Å². The van der Waals surface area contributed by atoms with Gasteiger partial charge in [-0.3, -0.25) is 0 Å². The summed E-state index contributed by atoms with van der Waals surface area (Å²) in [5, 5.41) is 7.18. The second-order valence-corrected chi connectivity index (χ2v) is 9.45. The minimum absolute atomic E-state index is 0.347. The summed E-state index contributed by atoms with van der Waals surface area (Å²) < 4.78 is 26.6. The van der Waals surface area contributed by atoms with E-state index in [4.69, 9.17) is 12.2 Å². The molecule has 0 spiro atoms. The Kier molecular flexibility index (Phi) is 5.96. The average molecular weight is 382 g/mol. The van der Waals surface area contributed by atoms with Gasteiger partial charge in [0.1, 0.15) is 0 Å². The van der Waals surface area contributed by atoms with Crippen LogP contribution >= 0.6 is 12.2 Å². The van der Waals surface area contributed by atoms with Crippen molar-refractivity contribution in [2.45, 2.75) is 56.4 Å². The maximum atomic E-state index is 12.5. The molecular formula is C18H27N3O2S2. The van der Waals surface area contributed by atoms with Gasteiger partial charge in [-0.05, 0) is 68.1 Å². The van der Waals surface area contributed by atoms with Crippen molar-refractivity contribution in [3.05, 3.63) is 24.3 Å². The smallest absolute Gasteiger partial charge is 0.243 e. The molecule has 2 N–H and O–H groups in total. The standard InChI is InChI=1S/C18H27N3O2S2/c1-14-6-2-3-7-17(14)20-18(24)19-15-8-10-16(11-9-15)25(22,23)21-12-4-5-13-21/h8-11,14,17H,2-7,12-13H2,1H3,(H2,19,20,24)/t14-,17-/m1/s1. The van der Waals surface area contributed by atoms with E-state index in [1.807, 2.05) is 0 Å². The highest BCUT2D eigenvalue weighted by atomic mass is 32.2. The first-order chi connectivity index (χ1) is 12.0. The third-order valence-corrected chi connectivity index (χ3v) is 7.38. The van der Waals surface area contributed by atoms with Gasteiger partial charge in [-0.15, -0.1) is 0 Å². The lowest BCUT2D eigenvalue weighted by atomic mass is 9.86. The lowest BCUT2D eigenvalue weighted by Crippen LogP contribution is -2.43. The number of nitrogens with one attached hydrogen (secondary N) is 2. The second kappa shape index (κ2) is 8.01. The van der Waals surface area contributed by atoms with E-state index in [0.717, 1.165) is 24.9 Å². The van der Waals surface area contributed by atoms with E-state index in [9.17, 15) is 8.42 Å². The van der Waals surface area contributed by atoms with Crippen molar-refractivity contribution >= 4 is 33.0 Å². The highest BCUT2D eigenvalue weighted by molar-refractivity contribution is 7.89. The summed E-state index contributed by atoms with van der Waals surface area (Å²) >= 11 is 5.41. The Morgan fingerprint density at radius 1 is 1.08 bits per heavy atom. The van der Waals surface area contributed by atoms with Gasteiger partial charge in [-0.2, -0.15) is 4.31 Å². The van der Waals surface area contributed by atoms with Crippen LogP contribution in [0.3, 0.4) is 0 Å². The molecule has 1 aliphatic carbocycles. The zero-order valence-electron chi connectivity index (χ0n) is 14.7. The van der Waals surface area contributed by atoms with Gasteiger partial charge < -0.3 is 10.6 Å². The van der Waals surface area contributed by atoms with Crippen molar-refractivity contribution in [2.75, 3.05) is 18.4 Å². The monoisotopic (exact) mass is 381 g/mol. The Morgan fingerprint density at radius 2 is 1.72 bits per heavy atom. The number of anilines is 1. The molecule has 5 nitrogen and oxygen atoms in total. The average Bonchev–Trinajstić information content (AvgIpc) is 3.13. The third-order valence-electron chi connectivity index (χ3n) is 5.24. The number of sulfonamides is 1. The molecule has 7 heteroatoms. The number of hydrogen-bond acceptors (Lipinski definition) is 3.